The summed E-state index contributed by atoms with van der Waals surface area (Å²) in [4.78, 5) is 45.6. The lowest BCUT2D eigenvalue weighted by molar-refractivity contribution is -0.294. The third-order valence-corrected chi connectivity index (χ3v) is 11.3. The van der Waals surface area contributed by atoms with E-state index in [0.717, 1.165) is 5.56 Å². The van der Waals surface area contributed by atoms with E-state index in [9.17, 15) is 19.5 Å². The molecule has 3 aliphatic rings. The van der Waals surface area contributed by atoms with Crippen LogP contribution in [-0.2, 0) is 39.7 Å². The predicted molar refractivity (Wildman–Crippen MR) is 189 cm³/mol. The van der Waals surface area contributed by atoms with E-state index in [4.69, 9.17) is 23.7 Å². The molecule has 3 aliphatic heterocycles. The van der Waals surface area contributed by atoms with Crippen molar-refractivity contribution in [1.82, 2.24) is 9.80 Å². The maximum absolute atomic E-state index is 14.6. The summed E-state index contributed by atoms with van der Waals surface area (Å²) in [5.74, 6) is -2.25. The highest BCUT2D eigenvalue weighted by molar-refractivity contribution is 5.88. The number of carbonyl (C=O) groups is 3. The van der Waals surface area contributed by atoms with Gasteiger partial charge in [0.25, 0.3) is 0 Å². The van der Waals surface area contributed by atoms with Gasteiger partial charge in [0.05, 0.1) is 23.9 Å². The minimum Gasteiger partial charge on any atom is -0.455 e. The average molecular weight is 701 g/mol. The Morgan fingerprint density at radius 3 is 2.32 bits per heavy atom. The van der Waals surface area contributed by atoms with Crippen molar-refractivity contribution in [3.05, 3.63) is 47.5 Å². The van der Waals surface area contributed by atoms with Crippen LogP contribution in [0.3, 0.4) is 0 Å². The van der Waals surface area contributed by atoms with E-state index in [2.05, 4.69) is 0 Å². The van der Waals surface area contributed by atoms with Gasteiger partial charge in [0, 0.05) is 43.0 Å². The van der Waals surface area contributed by atoms with E-state index >= 15 is 0 Å². The van der Waals surface area contributed by atoms with Crippen LogP contribution in [0.15, 0.2) is 42.0 Å². The van der Waals surface area contributed by atoms with Gasteiger partial charge in [-0.3, -0.25) is 9.69 Å². The van der Waals surface area contributed by atoms with Gasteiger partial charge in [-0.15, -0.1) is 0 Å². The standard InChI is InChI=1S/C39H60N2O9/c1-12-30-39(8)33(41(37(45)50-39)19-18-28-16-14-13-15-17-28)27(6)31(42)25(4)22-38(7,46-11)34(23(2)20-24(3)35(44)48-30)49-36-32(43)29(40(9)10)21-26(5)47-36/h13-17,20,23,25-27,29-30,32-34,36,43H,12,18-19,21-22H2,1-11H3/b24-20+/t23-,25+,26+,27-,29-,30+,32+,33+,34+,36-,38-,39+/m0/s1. The number of esters is 1. The highest BCUT2D eigenvalue weighted by atomic mass is 16.7. The van der Waals surface area contributed by atoms with Crippen LogP contribution in [0.5, 0.6) is 0 Å². The molecule has 2 saturated heterocycles. The monoisotopic (exact) mass is 700 g/mol. The molecule has 0 aromatic heterocycles. The van der Waals surface area contributed by atoms with Gasteiger partial charge < -0.3 is 33.7 Å². The number of rotatable bonds is 8. The molecule has 280 valence electrons. The minimum atomic E-state index is -1.28. The van der Waals surface area contributed by atoms with Gasteiger partial charge in [-0.25, -0.2) is 9.59 Å². The van der Waals surface area contributed by atoms with Gasteiger partial charge in [-0.2, -0.15) is 0 Å². The second-order valence-corrected chi connectivity index (χ2v) is 15.4. The maximum atomic E-state index is 14.6. The van der Waals surface area contributed by atoms with E-state index < -0.39 is 71.7 Å². The first-order chi connectivity index (χ1) is 23.5. The molecule has 0 saturated carbocycles. The Kier molecular flexibility index (Phi) is 13.0. The molecule has 0 unspecified atom stereocenters. The Morgan fingerprint density at radius 1 is 1.06 bits per heavy atom. The molecule has 3 heterocycles. The van der Waals surface area contributed by atoms with Crippen molar-refractivity contribution in [2.45, 2.75) is 135 Å². The van der Waals surface area contributed by atoms with Crippen LogP contribution in [0.4, 0.5) is 4.79 Å². The molecule has 11 nitrogen and oxygen atoms in total. The molecule has 1 aromatic rings. The van der Waals surface area contributed by atoms with E-state index in [1.54, 1.807) is 31.9 Å². The summed E-state index contributed by atoms with van der Waals surface area (Å²) in [6.07, 6.45) is -0.541. The highest BCUT2D eigenvalue weighted by Gasteiger charge is 2.60. The lowest BCUT2D eigenvalue weighted by Crippen LogP contribution is -2.59. The maximum Gasteiger partial charge on any atom is 0.410 e. The Balaban J connectivity index is 1.76. The number of aliphatic hydroxyl groups is 1. The number of ether oxygens (including phenoxy) is 5. The Labute approximate surface area is 298 Å². The number of ketones is 1. The zero-order valence-corrected chi connectivity index (χ0v) is 31.9. The van der Waals surface area contributed by atoms with Crippen molar-refractivity contribution in [2.24, 2.45) is 17.8 Å². The van der Waals surface area contributed by atoms with Gasteiger partial charge in [0.2, 0.25) is 0 Å². The third kappa shape index (κ3) is 8.28. The molecule has 1 N–H and O–H groups in total. The van der Waals surface area contributed by atoms with Crippen LogP contribution >= 0.6 is 0 Å². The Morgan fingerprint density at radius 2 is 1.72 bits per heavy atom. The van der Waals surface area contributed by atoms with Crippen LogP contribution in [0.2, 0.25) is 0 Å². The number of carbonyl (C=O) groups excluding carboxylic acids is 3. The summed E-state index contributed by atoms with van der Waals surface area (Å²) in [5.41, 5.74) is -0.934. The van der Waals surface area contributed by atoms with Crippen molar-refractivity contribution in [3.8, 4) is 0 Å². The van der Waals surface area contributed by atoms with Gasteiger partial charge in [-0.1, -0.05) is 64.1 Å². The molecule has 1 amide bonds. The summed E-state index contributed by atoms with van der Waals surface area (Å²) in [7, 11) is 5.41. The zero-order chi connectivity index (χ0) is 37.1. The second-order valence-electron chi connectivity index (χ2n) is 15.4. The number of Topliss-reactive ketones (excluding diaryl/α,β-unsaturated/α-hetero) is 1. The van der Waals surface area contributed by atoms with Crippen molar-refractivity contribution in [1.29, 1.82) is 0 Å². The third-order valence-electron chi connectivity index (χ3n) is 11.3. The topological polar surface area (TPSA) is 124 Å². The molecular weight excluding hydrogens is 640 g/mol. The average Bonchev–Trinajstić information content (AvgIpc) is 3.34. The number of methoxy groups -OCH3 is 1. The molecule has 0 bridgehead atoms. The number of hydrogen-bond donors (Lipinski definition) is 1. The SMILES string of the molecule is CC[C@H]1OC(=O)/C(C)=C/[C@H](C)[C@@H](O[C@@H]2O[C@H](C)C[C@H](N(C)C)[C@H]2O)[C@@](C)(OC)C[C@@H](C)C(=O)[C@H](C)[C@H]2N(CCc3ccccc3)C(=O)O[C@]12C. The molecule has 4 rings (SSSR count). The fourth-order valence-corrected chi connectivity index (χ4v) is 8.51. The molecule has 50 heavy (non-hydrogen) atoms. The molecule has 0 aliphatic carbocycles. The van der Waals surface area contributed by atoms with Crippen LogP contribution in [-0.4, -0.2) is 114 Å². The number of hydrogen-bond acceptors (Lipinski definition) is 10. The molecule has 1 aromatic carbocycles. The number of cyclic esters (lactones) is 1. The van der Waals surface area contributed by atoms with E-state index in [1.807, 2.05) is 90.9 Å². The number of aliphatic hydroxyl groups excluding tert-OH is 1. The fraction of sp³-hybridized carbons (Fsp3) is 0.718. The lowest BCUT2D eigenvalue weighted by Gasteiger charge is -2.47. The van der Waals surface area contributed by atoms with Gasteiger partial charge >= 0.3 is 12.1 Å². The number of fused-ring (bicyclic) bond motifs is 1. The molecule has 0 spiro atoms. The van der Waals surface area contributed by atoms with Crippen LogP contribution in [0.1, 0.15) is 80.2 Å². The molecule has 2 fully saturated rings. The fourth-order valence-electron chi connectivity index (χ4n) is 8.51. The summed E-state index contributed by atoms with van der Waals surface area (Å²) < 4.78 is 31.4. The normalized spacial score (nSPS) is 40.1. The van der Waals surface area contributed by atoms with Crippen molar-refractivity contribution >= 4 is 17.8 Å². The van der Waals surface area contributed by atoms with E-state index in [0.29, 0.717) is 31.4 Å². The number of amides is 1. The second kappa shape index (κ2) is 16.2. The van der Waals surface area contributed by atoms with Gasteiger partial charge in [-0.05, 0) is 73.0 Å². The van der Waals surface area contributed by atoms with Crippen LogP contribution < -0.4 is 0 Å². The predicted octanol–water partition coefficient (Wildman–Crippen LogP) is 5.17. The van der Waals surface area contributed by atoms with Crippen molar-refractivity contribution < 1.29 is 43.2 Å². The summed E-state index contributed by atoms with van der Waals surface area (Å²) >= 11 is 0. The first-order valence-corrected chi connectivity index (χ1v) is 18.1. The largest absolute Gasteiger partial charge is 0.455 e. The highest BCUT2D eigenvalue weighted by Crippen LogP contribution is 2.43. The molecule has 12 atom stereocenters. The quantitative estimate of drug-likeness (QED) is 0.363. The zero-order valence-electron chi connectivity index (χ0n) is 31.9. The van der Waals surface area contributed by atoms with Gasteiger partial charge in [0.1, 0.15) is 18.0 Å². The molecule has 11 heteroatoms. The Bertz CT molecular complexity index is 1370. The first kappa shape index (κ1) is 39.9. The number of likely N-dealkylation sites (N-methyl/N-ethyl adjacent to an activating group) is 1. The number of benzene rings is 1. The van der Waals surface area contributed by atoms with Crippen molar-refractivity contribution in [2.75, 3.05) is 27.7 Å². The van der Waals surface area contributed by atoms with Crippen LogP contribution in [0, 0.1) is 17.8 Å². The first-order valence-electron chi connectivity index (χ1n) is 18.1. The minimum absolute atomic E-state index is 0.0703. The Hall–Kier alpha value is -2.83. The van der Waals surface area contributed by atoms with E-state index in [-0.39, 0.29) is 24.3 Å². The molecular formula is C39H60N2O9. The van der Waals surface area contributed by atoms with Crippen LogP contribution in [0.25, 0.3) is 0 Å². The summed E-state index contributed by atoms with van der Waals surface area (Å²) in [6.45, 7) is 15.2. The molecule has 0 radical (unpaired) electrons. The smallest absolute Gasteiger partial charge is 0.410 e. The number of nitrogens with zero attached hydrogens (tertiary/aromatic N) is 2. The summed E-state index contributed by atoms with van der Waals surface area (Å²) in [6, 6.07) is 8.95. The lowest BCUT2D eigenvalue weighted by atomic mass is 9.74. The van der Waals surface area contributed by atoms with Crippen molar-refractivity contribution in [3.63, 3.8) is 0 Å². The van der Waals surface area contributed by atoms with E-state index in [1.165, 1.54) is 0 Å². The summed E-state index contributed by atoms with van der Waals surface area (Å²) in [5, 5.41) is 11.4. The van der Waals surface area contributed by atoms with Gasteiger partial charge in [0.15, 0.2) is 11.9 Å².